The van der Waals surface area contributed by atoms with E-state index in [1.165, 1.54) is 0 Å². The summed E-state index contributed by atoms with van der Waals surface area (Å²) in [5, 5.41) is 1.92. The summed E-state index contributed by atoms with van der Waals surface area (Å²) in [6, 6.07) is -0.527. The lowest BCUT2D eigenvalue weighted by Crippen LogP contribution is -2.51. The Labute approximate surface area is 90.1 Å². The van der Waals surface area contributed by atoms with Crippen LogP contribution in [0.2, 0.25) is 0 Å². The lowest BCUT2D eigenvalue weighted by atomic mass is 10.0. The summed E-state index contributed by atoms with van der Waals surface area (Å²) in [6.45, 7) is 2.05. The molecule has 94 valence electrons. The number of carbonyl (C=O) groups is 1. The fourth-order valence-electron chi connectivity index (χ4n) is 1.51. The molecule has 7 heteroatoms. The normalized spacial score (nSPS) is 26.9. The highest BCUT2D eigenvalue weighted by Gasteiger charge is 2.49. The third-order valence-corrected chi connectivity index (χ3v) is 2.40. The molecule has 0 spiro atoms. The Balaban J connectivity index is 2.50. The second-order valence-corrected chi connectivity index (χ2v) is 3.80. The van der Waals surface area contributed by atoms with Crippen molar-refractivity contribution in [2.24, 2.45) is 0 Å². The van der Waals surface area contributed by atoms with Crippen LogP contribution >= 0.6 is 0 Å². The van der Waals surface area contributed by atoms with Crippen molar-refractivity contribution in [1.29, 1.82) is 0 Å². The number of alkyl halides is 4. The van der Waals surface area contributed by atoms with E-state index >= 15 is 0 Å². The first-order chi connectivity index (χ1) is 7.34. The summed E-state index contributed by atoms with van der Waals surface area (Å²) in [4.78, 5) is 10.9. The first-order valence-corrected chi connectivity index (χ1v) is 4.92. The van der Waals surface area contributed by atoms with Crippen molar-refractivity contribution in [3.63, 3.8) is 0 Å². The van der Waals surface area contributed by atoms with Crippen molar-refractivity contribution in [3.05, 3.63) is 0 Å². The first kappa shape index (κ1) is 13.2. The third kappa shape index (κ3) is 3.07. The van der Waals surface area contributed by atoms with Crippen LogP contribution < -0.4 is 5.32 Å². The van der Waals surface area contributed by atoms with Crippen molar-refractivity contribution in [2.75, 3.05) is 6.61 Å². The SMILES string of the molecule is CC1CC(NC(=O)C(F)(F)C(F)F)CCO1. The zero-order chi connectivity index (χ0) is 12.3. The molecule has 0 bridgehead atoms. The summed E-state index contributed by atoms with van der Waals surface area (Å²) in [7, 11) is 0. The summed E-state index contributed by atoms with van der Waals surface area (Å²) >= 11 is 0. The lowest BCUT2D eigenvalue weighted by Gasteiger charge is -2.29. The Morgan fingerprint density at radius 3 is 2.62 bits per heavy atom. The molecule has 1 aliphatic rings. The van der Waals surface area contributed by atoms with Gasteiger partial charge in [0.25, 0.3) is 5.91 Å². The standard InChI is InChI=1S/C9H13F4NO2/c1-5-4-6(2-3-16-5)14-8(15)9(12,13)7(10)11/h5-7H,2-4H2,1H3,(H,14,15). The second-order valence-electron chi connectivity index (χ2n) is 3.80. The Bertz CT molecular complexity index is 260. The van der Waals surface area contributed by atoms with E-state index in [0.717, 1.165) is 0 Å². The van der Waals surface area contributed by atoms with Gasteiger partial charge in [0.2, 0.25) is 0 Å². The van der Waals surface area contributed by atoms with Crippen molar-refractivity contribution in [3.8, 4) is 0 Å². The van der Waals surface area contributed by atoms with Gasteiger partial charge >= 0.3 is 12.3 Å². The summed E-state index contributed by atoms with van der Waals surface area (Å²) in [5.41, 5.74) is 0. The number of hydrogen-bond acceptors (Lipinski definition) is 2. The third-order valence-electron chi connectivity index (χ3n) is 2.40. The number of rotatable bonds is 3. The molecule has 16 heavy (non-hydrogen) atoms. The van der Waals surface area contributed by atoms with Gasteiger partial charge in [-0.05, 0) is 19.8 Å². The summed E-state index contributed by atoms with van der Waals surface area (Å²) < 4.78 is 54.0. The Morgan fingerprint density at radius 2 is 2.12 bits per heavy atom. The minimum atomic E-state index is -4.62. The van der Waals surface area contributed by atoms with E-state index in [4.69, 9.17) is 4.74 Å². The van der Waals surface area contributed by atoms with Crippen LogP contribution in [0.1, 0.15) is 19.8 Å². The van der Waals surface area contributed by atoms with Crippen LogP contribution in [0.4, 0.5) is 17.6 Å². The maximum Gasteiger partial charge on any atom is 0.383 e. The van der Waals surface area contributed by atoms with Crippen LogP contribution in [-0.2, 0) is 9.53 Å². The monoisotopic (exact) mass is 243 g/mol. The van der Waals surface area contributed by atoms with Gasteiger partial charge in [0.1, 0.15) is 0 Å². The predicted octanol–water partition coefficient (Wildman–Crippen LogP) is 1.57. The Kier molecular flexibility index (Phi) is 4.12. The number of halogens is 4. The van der Waals surface area contributed by atoms with E-state index in [-0.39, 0.29) is 6.10 Å². The molecule has 0 radical (unpaired) electrons. The van der Waals surface area contributed by atoms with E-state index in [1.54, 1.807) is 6.92 Å². The van der Waals surface area contributed by atoms with Gasteiger partial charge in [0.15, 0.2) is 0 Å². The predicted molar refractivity (Wildman–Crippen MR) is 47.5 cm³/mol. The van der Waals surface area contributed by atoms with Gasteiger partial charge in [0.05, 0.1) is 6.10 Å². The minimum Gasteiger partial charge on any atom is -0.378 e. The second kappa shape index (κ2) is 4.99. The molecule has 0 aromatic carbocycles. The van der Waals surface area contributed by atoms with Gasteiger partial charge in [0, 0.05) is 12.6 Å². The first-order valence-electron chi connectivity index (χ1n) is 4.92. The molecule has 0 saturated carbocycles. The quantitative estimate of drug-likeness (QED) is 0.764. The molecule has 1 aliphatic heterocycles. The van der Waals surface area contributed by atoms with Gasteiger partial charge in [-0.2, -0.15) is 8.78 Å². The van der Waals surface area contributed by atoms with Gasteiger partial charge in [-0.25, -0.2) is 8.78 Å². The van der Waals surface area contributed by atoms with Crippen LogP contribution in [0.3, 0.4) is 0 Å². The lowest BCUT2D eigenvalue weighted by molar-refractivity contribution is -0.170. The highest BCUT2D eigenvalue weighted by atomic mass is 19.3. The highest BCUT2D eigenvalue weighted by Crippen LogP contribution is 2.24. The molecular weight excluding hydrogens is 230 g/mol. The van der Waals surface area contributed by atoms with Crippen LogP contribution in [0.15, 0.2) is 0 Å². The molecule has 2 atom stereocenters. The van der Waals surface area contributed by atoms with Gasteiger partial charge in [-0.1, -0.05) is 0 Å². The molecule has 1 saturated heterocycles. The maximum absolute atomic E-state index is 12.6. The molecule has 3 nitrogen and oxygen atoms in total. The summed E-state index contributed by atoms with van der Waals surface area (Å²) in [5.74, 6) is -6.54. The van der Waals surface area contributed by atoms with Crippen LogP contribution in [0, 0.1) is 0 Å². The summed E-state index contributed by atoms with van der Waals surface area (Å²) in [6.07, 6.45) is -3.44. The molecule has 0 aromatic rings. The van der Waals surface area contributed by atoms with Crippen molar-refractivity contribution in [2.45, 2.75) is 44.3 Å². The van der Waals surface area contributed by atoms with Gasteiger partial charge in [-0.15, -0.1) is 0 Å². The highest BCUT2D eigenvalue weighted by molar-refractivity contribution is 5.84. The van der Waals surface area contributed by atoms with Crippen molar-refractivity contribution >= 4 is 5.91 Å². The van der Waals surface area contributed by atoms with Crippen LogP contribution in [0.5, 0.6) is 0 Å². The molecule has 1 amide bonds. The van der Waals surface area contributed by atoms with E-state index in [0.29, 0.717) is 19.4 Å². The Morgan fingerprint density at radius 1 is 1.50 bits per heavy atom. The van der Waals surface area contributed by atoms with Crippen molar-refractivity contribution in [1.82, 2.24) is 5.32 Å². The number of ether oxygens (including phenoxy) is 1. The smallest absolute Gasteiger partial charge is 0.378 e. The minimum absolute atomic E-state index is 0.167. The van der Waals surface area contributed by atoms with Gasteiger partial charge < -0.3 is 10.1 Å². The molecule has 2 unspecified atom stereocenters. The van der Waals surface area contributed by atoms with E-state index < -0.39 is 24.3 Å². The van der Waals surface area contributed by atoms with Crippen LogP contribution in [-0.4, -0.2) is 37.0 Å². The van der Waals surface area contributed by atoms with E-state index in [1.807, 2.05) is 5.32 Å². The average molecular weight is 243 g/mol. The molecule has 0 aromatic heterocycles. The zero-order valence-corrected chi connectivity index (χ0v) is 8.68. The van der Waals surface area contributed by atoms with E-state index in [2.05, 4.69) is 0 Å². The molecular formula is C9H13F4NO2. The molecule has 0 aliphatic carbocycles. The number of carbonyl (C=O) groups excluding carboxylic acids is 1. The number of hydrogen-bond donors (Lipinski definition) is 1. The molecule has 1 fully saturated rings. The Hall–Kier alpha value is -0.850. The fraction of sp³-hybridized carbons (Fsp3) is 0.889. The largest absolute Gasteiger partial charge is 0.383 e. The van der Waals surface area contributed by atoms with Crippen LogP contribution in [0.25, 0.3) is 0 Å². The fourth-order valence-corrected chi connectivity index (χ4v) is 1.51. The number of nitrogens with one attached hydrogen (secondary N) is 1. The molecule has 1 heterocycles. The number of amides is 1. The maximum atomic E-state index is 12.6. The topological polar surface area (TPSA) is 38.3 Å². The van der Waals surface area contributed by atoms with E-state index in [9.17, 15) is 22.4 Å². The zero-order valence-electron chi connectivity index (χ0n) is 8.68. The molecule has 1 N–H and O–H groups in total. The van der Waals surface area contributed by atoms with Gasteiger partial charge in [-0.3, -0.25) is 4.79 Å². The van der Waals surface area contributed by atoms with Crippen molar-refractivity contribution < 1.29 is 27.1 Å². The molecule has 1 rings (SSSR count). The average Bonchev–Trinajstić information content (AvgIpc) is 2.17.